The molecule has 0 unspecified atom stereocenters. The molecule has 6 nitrogen and oxygen atoms in total. The zero-order valence-corrected chi connectivity index (χ0v) is 11.0. The lowest BCUT2D eigenvalue weighted by Gasteiger charge is -2.26. The second-order valence-electron chi connectivity index (χ2n) is 5.03. The van der Waals surface area contributed by atoms with E-state index in [2.05, 4.69) is 14.8 Å². The molecule has 1 fully saturated rings. The zero-order chi connectivity index (χ0) is 12.5. The minimum absolute atomic E-state index is 0.190. The quantitative estimate of drug-likeness (QED) is 0.742. The highest BCUT2D eigenvalue weighted by Crippen LogP contribution is 2.27. The first-order chi connectivity index (χ1) is 7.97. The van der Waals surface area contributed by atoms with E-state index in [1.807, 2.05) is 25.7 Å². The average molecular weight is 256 g/mol. The standard InChI is InChI=1S/C10H16N4O2S/c1-10(2,3)16-8(15)7-5-4-6-14(7)9-11-12-13-17-9/h7H,4-6H2,1-3H3/t7-/m0/s1. The molecule has 1 aromatic rings. The molecule has 0 spiro atoms. The van der Waals surface area contributed by atoms with E-state index < -0.39 is 5.60 Å². The van der Waals surface area contributed by atoms with Crippen LogP contribution in [0.2, 0.25) is 0 Å². The number of carbonyl (C=O) groups excluding carboxylic acids is 1. The Balaban J connectivity index is 2.07. The van der Waals surface area contributed by atoms with Crippen LogP contribution in [0.1, 0.15) is 33.6 Å². The van der Waals surface area contributed by atoms with Crippen LogP contribution in [-0.2, 0) is 9.53 Å². The Morgan fingerprint density at radius 1 is 1.53 bits per heavy atom. The van der Waals surface area contributed by atoms with E-state index in [1.54, 1.807) is 0 Å². The minimum atomic E-state index is -0.454. The fourth-order valence-corrected chi connectivity index (χ4v) is 2.39. The van der Waals surface area contributed by atoms with E-state index in [1.165, 1.54) is 11.5 Å². The first-order valence-corrected chi connectivity index (χ1v) is 6.39. The van der Waals surface area contributed by atoms with Crippen molar-refractivity contribution in [3.05, 3.63) is 0 Å². The fourth-order valence-electron chi connectivity index (χ4n) is 1.85. The predicted molar refractivity (Wildman–Crippen MR) is 63.9 cm³/mol. The fraction of sp³-hybridized carbons (Fsp3) is 0.800. The minimum Gasteiger partial charge on any atom is -0.458 e. The van der Waals surface area contributed by atoms with Crippen LogP contribution >= 0.6 is 11.5 Å². The van der Waals surface area contributed by atoms with Crippen molar-refractivity contribution < 1.29 is 9.53 Å². The number of rotatable bonds is 2. The molecule has 0 N–H and O–H groups in total. The summed E-state index contributed by atoms with van der Waals surface area (Å²) in [5, 5.41) is 8.16. The van der Waals surface area contributed by atoms with Crippen LogP contribution in [0, 0.1) is 0 Å². The van der Waals surface area contributed by atoms with Gasteiger partial charge in [0.25, 0.3) is 0 Å². The number of carbonyl (C=O) groups is 1. The van der Waals surface area contributed by atoms with E-state index in [4.69, 9.17) is 4.74 Å². The van der Waals surface area contributed by atoms with Gasteiger partial charge in [0.2, 0.25) is 5.13 Å². The van der Waals surface area contributed by atoms with Gasteiger partial charge in [-0.2, -0.15) is 0 Å². The molecule has 1 aliphatic rings. The van der Waals surface area contributed by atoms with Gasteiger partial charge < -0.3 is 9.64 Å². The highest BCUT2D eigenvalue weighted by Gasteiger charge is 2.35. The summed E-state index contributed by atoms with van der Waals surface area (Å²) in [6.45, 7) is 6.42. The maximum Gasteiger partial charge on any atom is 0.329 e. The molecule has 0 bridgehead atoms. The van der Waals surface area contributed by atoms with E-state index in [0.717, 1.165) is 19.4 Å². The van der Waals surface area contributed by atoms with Gasteiger partial charge in [0.15, 0.2) is 0 Å². The van der Waals surface area contributed by atoms with Crippen molar-refractivity contribution >= 4 is 22.6 Å². The number of hydrogen-bond donors (Lipinski definition) is 0. The topological polar surface area (TPSA) is 68.2 Å². The van der Waals surface area contributed by atoms with Gasteiger partial charge in [-0.15, -0.1) is 0 Å². The van der Waals surface area contributed by atoms with Crippen molar-refractivity contribution in [2.75, 3.05) is 11.4 Å². The van der Waals surface area contributed by atoms with Gasteiger partial charge >= 0.3 is 5.97 Å². The van der Waals surface area contributed by atoms with Crippen molar-refractivity contribution in [1.29, 1.82) is 0 Å². The molecule has 1 saturated heterocycles. The lowest BCUT2D eigenvalue weighted by molar-refractivity contribution is -0.156. The first kappa shape index (κ1) is 12.2. The Labute approximate surface area is 104 Å². The van der Waals surface area contributed by atoms with Crippen LogP contribution < -0.4 is 4.90 Å². The number of ether oxygens (including phenoxy) is 1. The Kier molecular flexibility index (Phi) is 3.28. The lowest BCUT2D eigenvalue weighted by Crippen LogP contribution is -2.40. The van der Waals surface area contributed by atoms with E-state index in [0.29, 0.717) is 5.13 Å². The highest BCUT2D eigenvalue weighted by molar-refractivity contribution is 7.09. The number of esters is 1. The average Bonchev–Trinajstić information content (AvgIpc) is 2.85. The molecular weight excluding hydrogens is 240 g/mol. The van der Waals surface area contributed by atoms with Crippen LogP contribution in [0.5, 0.6) is 0 Å². The molecule has 1 atom stereocenters. The van der Waals surface area contributed by atoms with Crippen molar-refractivity contribution in [3.63, 3.8) is 0 Å². The van der Waals surface area contributed by atoms with E-state index >= 15 is 0 Å². The van der Waals surface area contributed by atoms with Crippen LogP contribution in [-0.4, -0.2) is 39.0 Å². The van der Waals surface area contributed by atoms with E-state index in [9.17, 15) is 4.79 Å². The largest absolute Gasteiger partial charge is 0.458 e. The summed E-state index contributed by atoms with van der Waals surface area (Å²) < 4.78 is 9.13. The molecule has 17 heavy (non-hydrogen) atoms. The van der Waals surface area contributed by atoms with Crippen molar-refractivity contribution in [1.82, 2.24) is 14.8 Å². The van der Waals surface area contributed by atoms with Crippen molar-refractivity contribution in [2.45, 2.75) is 45.3 Å². The second-order valence-corrected chi connectivity index (χ2v) is 5.74. The Morgan fingerprint density at radius 3 is 2.88 bits per heavy atom. The molecule has 7 heteroatoms. The third-order valence-electron chi connectivity index (χ3n) is 2.47. The monoisotopic (exact) mass is 256 g/mol. The smallest absolute Gasteiger partial charge is 0.329 e. The molecule has 0 saturated carbocycles. The summed E-state index contributed by atoms with van der Waals surface area (Å²) >= 11 is 1.21. The number of hydrogen-bond acceptors (Lipinski definition) is 7. The van der Waals surface area contributed by atoms with Gasteiger partial charge in [-0.05, 0) is 38.8 Å². The Hall–Kier alpha value is -1.24. The molecule has 1 aromatic heterocycles. The maximum atomic E-state index is 12.0. The van der Waals surface area contributed by atoms with Crippen molar-refractivity contribution in [3.8, 4) is 0 Å². The third kappa shape index (κ3) is 2.91. The molecule has 94 valence electrons. The van der Waals surface area contributed by atoms with Gasteiger partial charge in [-0.1, -0.05) is 9.59 Å². The summed E-state index contributed by atoms with van der Waals surface area (Å²) in [7, 11) is 0. The number of aromatic nitrogens is 3. The van der Waals surface area contributed by atoms with Crippen LogP contribution in [0.15, 0.2) is 0 Å². The molecule has 0 aromatic carbocycles. The molecule has 0 amide bonds. The summed E-state index contributed by atoms with van der Waals surface area (Å²) in [6.07, 6.45) is 1.76. The van der Waals surface area contributed by atoms with Crippen LogP contribution in [0.25, 0.3) is 0 Å². The van der Waals surface area contributed by atoms with Gasteiger partial charge in [-0.25, -0.2) is 4.79 Å². The maximum absolute atomic E-state index is 12.0. The van der Waals surface area contributed by atoms with Crippen molar-refractivity contribution in [2.24, 2.45) is 0 Å². The van der Waals surface area contributed by atoms with Gasteiger partial charge in [0.05, 0.1) is 0 Å². The molecular formula is C10H16N4O2S. The summed E-state index contributed by atoms with van der Waals surface area (Å²) in [6, 6.07) is -0.246. The van der Waals surface area contributed by atoms with Gasteiger partial charge in [0.1, 0.15) is 11.6 Å². The molecule has 2 rings (SSSR count). The summed E-state index contributed by atoms with van der Waals surface area (Å²) in [4.78, 5) is 14.0. The first-order valence-electron chi connectivity index (χ1n) is 5.62. The second kappa shape index (κ2) is 4.56. The summed E-state index contributed by atoms with van der Waals surface area (Å²) in [5.74, 6) is -0.190. The van der Waals surface area contributed by atoms with Crippen LogP contribution in [0.4, 0.5) is 5.13 Å². The zero-order valence-electron chi connectivity index (χ0n) is 10.2. The Morgan fingerprint density at radius 2 is 2.29 bits per heavy atom. The number of nitrogens with zero attached hydrogens (tertiary/aromatic N) is 4. The third-order valence-corrected chi connectivity index (χ3v) is 3.10. The predicted octanol–water partition coefficient (Wildman–Crippen LogP) is 1.24. The number of anilines is 1. The molecule has 0 radical (unpaired) electrons. The molecule has 0 aliphatic carbocycles. The molecule has 1 aliphatic heterocycles. The van der Waals surface area contributed by atoms with Crippen LogP contribution in [0.3, 0.4) is 0 Å². The lowest BCUT2D eigenvalue weighted by atomic mass is 10.1. The molecule has 2 heterocycles. The van der Waals surface area contributed by atoms with Gasteiger partial charge in [-0.3, -0.25) is 0 Å². The summed E-state index contributed by atoms with van der Waals surface area (Å²) in [5.41, 5.74) is -0.454. The Bertz CT molecular complexity index is 388. The highest BCUT2D eigenvalue weighted by atomic mass is 32.1. The normalized spacial score (nSPS) is 20.6. The van der Waals surface area contributed by atoms with E-state index in [-0.39, 0.29) is 12.0 Å². The van der Waals surface area contributed by atoms with Gasteiger partial charge in [0, 0.05) is 18.1 Å². The SMILES string of the molecule is CC(C)(C)OC(=O)[C@@H]1CCCN1c1nnns1.